The molecule has 2 aromatic carbocycles. The molecule has 0 nitrogen and oxygen atoms in total. The molecule has 0 saturated carbocycles. The Labute approximate surface area is 146 Å². The van der Waals surface area contributed by atoms with Gasteiger partial charge >= 0.3 is 0 Å². The van der Waals surface area contributed by atoms with Crippen LogP contribution in [0, 0.1) is 0 Å². The van der Waals surface area contributed by atoms with Crippen LogP contribution in [0.25, 0.3) is 11.1 Å². The van der Waals surface area contributed by atoms with Crippen molar-refractivity contribution in [2.45, 2.75) is 9.79 Å². The van der Waals surface area contributed by atoms with E-state index in [2.05, 4.69) is 25.3 Å². The second kappa shape index (κ2) is 6.15. The maximum Gasteiger partial charge on any atom is 0.0809 e. The smallest absolute Gasteiger partial charge is 0.0809 e. The first-order valence-electron chi connectivity index (χ1n) is 4.89. The molecule has 0 heterocycles. The minimum atomic E-state index is 0.129. The molecule has 0 aliphatic heterocycles. The molecule has 0 spiro atoms. The third kappa shape index (κ3) is 2.82. The highest BCUT2D eigenvalue weighted by Gasteiger charge is 2.21. The van der Waals surface area contributed by atoms with E-state index in [4.69, 9.17) is 58.0 Å². The Bertz CT molecular complexity index is 641. The molecule has 0 aliphatic rings. The van der Waals surface area contributed by atoms with Crippen molar-refractivity contribution < 1.29 is 0 Å². The molecule has 100 valence electrons. The van der Waals surface area contributed by atoms with Gasteiger partial charge in [0.2, 0.25) is 0 Å². The summed E-state index contributed by atoms with van der Waals surface area (Å²) in [7, 11) is 0. The van der Waals surface area contributed by atoms with Crippen molar-refractivity contribution in [2.24, 2.45) is 0 Å². The predicted octanol–water partition coefficient (Wildman–Crippen LogP) is 7.20. The zero-order valence-electron chi connectivity index (χ0n) is 9.02. The van der Waals surface area contributed by atoms with Gasteiger partial charge in [0.1, 0.15) is 0 Å². The summed E-state index contributed by atoms with van der Waals surface area (Å²) in [6.45, 7) is 0. The highest BCUT2D eigenvalue weighted by Crippen LogP contribution is 2.49. The van der Waals surface area contributed by atoms with Crippen molar-refractivity contribution >= 4 is 83.3 Å². The molecule has 0 saturated heterocycles. The molecule has 0 radical (unpaired) electrons. The highest BCUT2D eigenvalue weighted by atomic mass is 35.5. The number of benzene rings is 2. The lowest BCUT2D eigenvalue weighted by atomic mass is 10.1. The van der Waals surface area contributed by atoms with Crippen LogP contribution in [0.4, 0.5) is 0 Å². The minimum Gasteiger partial charge on any atom is -0.142 e. The summed E-state index contributed by atoms with van der Waals surface area (Å²) in [4.78, 5) is 1.32. The van der Waals surface area contributed by atoms with Crippen molar-refractivity contribution in [3.05, 3.63) is 43.3 Å². The van der Waals surface area contributed by atoms with E-state index in [1.165, 1.54) is 0 Å². The molecule has 19 heavy (non-hydrogen) atoms. The third-order valence-corrected chi connectivity index (χ3v) is 5.80. The standard InChI is InChI=1S/C12H5Cl5S2/c13-7-6(4-2-1-3-5(18)12(4)19)8(14)10(16)11(17)9(7)15/h1-3,18-19H. The molecule has 0 aliphatic carbocycles. The van der Waals surface area contributed by atoms with Gasteiger partial charge in [0, 0.05) is 15.4 Å². The zero-order chi connectivity index (χ0) is 14.3. The largest absolute Gasteiger partial charge is 0.142 e. The van der Waals surface area contributed by atoms with Gasteiger partial charge in [-0.2, -0.15) is 0 Å². The number of rotatable bonds is 1. The van der Waals surface area contributed by atoms with E-state index >= 15 is 0 Å². The van der Waals surface area contributed by atoms with E-state index in [1.54, 1.807) is 18.2 Å². The Morgan fingerprint density at radius 2 is 1.16 bits per heavy atom. The maximum atomic E-state index is 6.22. The lowest BCUT2D eigenvalue weighted by Gasteiger charge is -2.15. The number of hydrogen-bond acceptors (Lipinski definition) is 2. The topological polar surface area (TPSA) is 0 Å². The Morgan fingerprint density at radius 3 is 1.68 bits per heavy atom. The summed E-state index contributed by atoms with van der Waals surface area (Å²) < 4.78 is 0. The van der Waals surface area contributed by atoms with E-state index < -0.39 is 0 Å². The number of thiol groups is 2. The first kappa shape index (κ1) is 16.0. The highest BCUT2D eigenvalue weighted by molar-refractivity contribution is 7.83. The molecule has 0 aromatic heterocycles. The van der Waals surface area contributed by atoms with Crippen molar-refractivity contribution in [3.63, 3.8) is 0 Å². The van der Waals surface area contributed by atoms with Crippen LogP contribution in [0.3, 0.4) is 0 Å². The average Bonchev–Trinajstić information content (AvgIpc) is 2.39. The lowest BCUT2D eigenvalue weighted by molar-refractivity contribution is 1.27. The van der Waals surface area contributed by atoms with E-state index in [9.17, 15) is 0 Å². The van der Waals surface area contributed by atoms with Gasteiger partial charge in [-0.05, 0) is 11.6 Å². The molecule has 0 N–H and O–H groups in total. The van der Waals surface area contributed by atoms with E-state index in [1.807, 2.05) is 0 Å². The lowest BCUT2D eigenvalue weighted by Crippen LogP contribution is -1.89. The fourth-order valence-electron chi connectivity index (χ4n) is 1.57. The molecule has 0 fully saturated rings. The fourth-order valence-corrected chi connectivity index (χ4v) is 3.38. The molecule has 2 aromatic rings. The Hall–Kier alpha value is 0.590. The molecule has 7 heteroatoms. The van der Waals surface area contributed by atoms with Crippen molar-refractivity contribution in [2.75, 3.05) is 0 Å². The number of hydrogen-bond donors (Lipinski definition) is 2. The molecular weight excluding hydrogens is 386 g/mol. The van der Waals surface area contributed by atoms with Gasteiger partial charge in [-0.15, -0.1) is 25.3 Å². The quantitative estimate of drug-likeness (QED) is 0.287. The van der Waals surface area contributed by atoms with Crippen molar-refractivity contribution in [1.29, 1.82) is 0 Å². The molecule has 2 rings (SSSR count). The zero-order valence-corrected chi connectivity index (χ0v) is 14.6. The Morgan fingerprint density at radius 1 is 0.684 bits per heavy atom. The van der Waals surface area contributed by atoms with E-state index in [0.717, 1.165) is 0 Å². The minimum absolute atomic E-state index is 0.129. The monoisotopic (exact) mass is 388 g/mol. The summed E-state index contributed by atoms with van der Waals surface area (Å²) in [5, 5.41) is 0.908. The third-order valence-electron chi connectivity index (χ3n) is 2.49. The van der Waals surface area contributed by atoms with E-state index in [0.29, 0.717) is 20.9 Å². The summed E-state index contributed by atoms with van der Waals surface area (Å²) in [5.74, 6) is 0. The fraction of sp³-hybridized carbons (Fsp3) is 0. The first-order chi connectivity index (χ1) is 8.86. The number of halogens is 5. The molecule has 0 atom stereocenters. The van der Waals surface area contributed by atoms with Gasteiger partial charge in [0.25, 0.3) is 0 Å². The second-order valence-corrected chi connectivity index (χ2v) is 6.44. The molecule has 0 bridgehead atoms. The van der Waals surface area contributed by atoms with Crippen LogP contribution in [0.5, 0.6) is 0 Å². The SMILES string of the molecule is Sc1cccc(-c2c(Cl)c(Cl)c(Cl)c(Cl)c2Cl)c1S. The summed E-state index contributed by atoms with van der Waals surface area (Å²) >= 11 is 39.2. The Kier molecular flexibility index (Phi) is 5.17. The van der Waals surface area contributed by atoms with Gasteiger partial charge in [-0.1, -0.05) is 70.1 Å². The average molecular weight is 391 g/mol. The van der Waals surface area contributed by atoms with Crippen LogP contribution in [0.15, 0.2) is 28.0 Å². The Balaban J connectivity index is 2.87. The van der Waals surface area contributed by atoms with Gasteiger partial charge in [0.05, 0.1) is 25.1 Å². The molecular formula is C12H5Cl5S2. The summed E-state index contributed by atoms with van der Waals surface area (Å²) in [6, 6.07) is 5.41. The predicted molar refractivity (Wildman–Crippen MR) is 91.4 cm³/mol. The second-order valence-electron chi connectivity index (χ2n) is 3.62. The van der Waals surface area contributed by atoms with Gasteiger partial charge in [-0.25, -0.2) is 0 Å². The molecule has 0 unspecified atom stereocenters. The van der Waals surface area contributed by atoms with Gasteiger partial charge in [-0.3, -0.25) is 0 Å². The van der Waals surface area contributed by atoms with Gasteiger partial charge in [0.15, 0.2) is 0 Å². The van der Waals surface area contributed by atoms with Crippen LogP contribution in [0.1, 0.15) is 0 Å². The summed E-state index contributed by atoms with van der Waals surface area (Å²) in [6.07, 6.45) is 0. The summed E-state index contributed by atoms with van der Waals surface area (Å²) in [5.41, 5.74) is 1.18. The normalized spacial score (nSPS) is 10.9. The maximum absolute atomic E-state index is 6.22. The van der Waals surface area contributed by atoms with Gasteiger partial charge < -0.3 is 0 Å². The van der Waals surface area contributed by atoms with Crippen LogP contribution in [0.2, 0.25) is 25.1 Å². The van der Waals surface area contributed by atoms with Crippen molar-refractivity contribution in [3.8, 4) is 11.1 Å². The first-order valence-corrected chi connectivity index (χ1v) is 7.67. The van der Waals surface area contributed by atoms with Crippen LogP contribution in [-0.4, -0.2) is 0 Å². The van der Waals surface area contributed by atoms with Crippen LogP contribution >= 0.6 is 83.3 Å². The molecule has 0 amide bonds. The van der Waals surface area contributed by atoms with E-state index in [-0.39, 0.29) is 25.1 Å². The van der Waals surface area contributed by atoms with Crippen LogP contribution < -0.4 is 0 Å². The van der Waals surface area contributed by atoms with Crippen molar-refractivity contribution in [1.82, 2.24) is 0 Å². The van der Waals surface area contributed by atoms with Crippen LogP contribution in [-0.2, 0) is 0 Å².